The summed E-state index contributed by atoms with van der Waals surface area (Å²) >= 11 is 0. The van der Waals surface area contributed by atoms with Crippen LogP contribution in [0, 0.1) is 5.92 Å². The summed E-state index contributed by atoms with van der Waals surface area (Å²) in [4.78, 5) is 26.2. The molecule has 2 atom stereocenters. The Morgan fingerprint density at radius 1 is 1.00 bits per heavy atom. The largest absolute Gasteiger partial charge is 0.497 e. The topological polar surface area (TPSA) is 70.7 Å². The molecule has 1 heterocycles. The van der Waals surface area contributed by atoms with Gasteiger partial charge in [0.2, 0.25) is 11.8 Å². The zero-order valence-electron chi connectivity index (χ0n) is 18.0. The molecule has 2 amide bonds. The number of hydrogen-bond donors (Lipinski definition) is 2. The molecule has 2 aromatic carbocycles. The first-order valence-corrected chi connectivity index (χ1v) is 10.4. The summed E-state index contributed by atoms with van der Waals surface area (Å²) in [5, 5.41) is 5.93. The first kappa shape index (κ1) is 21.8. The molecule has 1 aliphatic heterocycles. The lowest BCUT2D eigenvalue weighted by Crippen LogP contribution is -2.35. The molecule has 2 N–H and O–H groups in total. The summed E-state index contributed by atoms with van der Waals surface area (Å²) < 4.78 is 5.18. The average molecular weight is 410 g/mol. The number of nitrogens with zero attached hydrogens (tertiary/aromatic N) is 1. The number of hydrogen-bond acceptors (Lipinski definition) is 4. The normalized spacial score (nSPS) is 18.8. The van der Waals surface area contributed by atoms with Crippen LogP contribution in [0.2, 0.25) is 0 Å². The van der Waals surface area contributed by atoms with Crippen molar-refractivity contribution < 1.29 is 14.3 Å². The lowest BCUT2D eigenvalue weighted by Gasteiger charge is -2.19. The number of methoxy groups -OCH3 is 1. The van der Waals surface area contributed by atoms with Crippen LogP contribution in [0.4, 0.5) is 0 Å². The van der Waals surface area contributed by atoms with E-state index in [-0.39, 0.29) is 23.7 Å². The van der Waals surface area contributed by atoms with Crippen molar-refractivity contribution in [3.8, 4) is 5.75 Å². The Labute approximate surface area is 178 Å². The first-order valence-electron chi connectivity index (χ1n) is 10.4. The van der Waals surface area contributed by atoms with E-state index in [0.717, 1.165) is 30.8 Å². The van der Waals surface area contributed by atoms with Crippen molar-refractivity contribution in [2.45, 2.75) is 25.8 Å². The van der Waals surface area contributed by atoms with Gasteiger partial charge < -0.3 is 20.3 Å². The highest BCUT2D eigenvalue weighted by Crippen LogP contribution is 2.32. The van der Waals surface area contributed by atoms with Crippen LogP contribution in [-0.2, 0) is 22.6 Å². The van der Waals surface area contributed by atoms with Crippen LogP contribution in [0.15, 0.2) is 48.5 Å². The lowest BCUT2D eigenvalue weighted by atomic mass is 9.88. The van der Waals surface area contributed by atoms with Gasteiger partial charge in [-0.15, -0.1) is 0 Å². The second-order valence-corrected chi connectivity index (χ2v) is 7.97. The summed E-state index contributed by atoms with van der Waals surface area (Å²) in [6.45, 7) is 4.28. The zero-order chi connectivity index (χ0) is 21.5. The van der Waals surface area contributed by atoms with E-state index in [1.54, 1.807) is 7.11 Å². The molecule has 160 valence electrons. The Kier molecular flexibility index (Phi) is 7.46. The molecule has 1 aliphatic rings. The zero-order valence-corrected chi connectivity index (χ0v) is 18.0. The Balaban J connectivity index is 1.56. The Bertz CT molecular complexity index is 849. The number of rotatable bonds is 8. The fourth-order valence-corrected chi connectivity index (χ4v) is 3.97. The highest BCUT2D eigenvalue weighted by molar-refractivity contribution is 5.80. The number of likely N-dealkylation sites (tertiary alicyclic amines) is 1. The maximum absolute atomic E-state index is 12.9. The third-order valence-corrected chi connectivity index (χ3v) is 5.66. The first-order chi connectivity index (χ1) is 14.5. The van der Waals surface area contributed by atoms with Crippen LogP contribution in [0.25, 0.3) is 0 Å². The third-order valence-electron chi connectivity index (χ3n) is 5.66. The molecule has 1 saturated heterocycles. The molecular weight excluding hydrogens is 378 g/mol. The minimum atomic E-state index is -0.0629. The van der Waals surface area contributed by atoms with Crippen LogP contribution in [-0.4, -0.2) is 50.5 Å². The molecule has 0 aromatic heterocycles. The van der Waals surface area contributed by atoms with Crippen molar-refractivity contribution >= 4 is 11.8 Å². The summed E-state index contributed by atoms with van der Waals surface area (Å²) in [5.74, 6) is 1.02. The van der Waals surface area contributed by atoms with Crippen LogP contribution in [0.1, 0.15) is 29.5 Å². The van der Waals surface area contributed by atoms with Gasteiger partial charge in [0.25, 0.3) is 0 Å². The van der Waals surface area contributed by atoms with Gasteiger partial charge in [-0.25, -0.2) is 0 Å². The van der Waals surface area contributed by atoms with Crippen molar-refractivity contribution in [3.05, 3.63) is 65.2 Å². The summed E-state index contributed by atoms with van der Waals surface area (Å²) in [5.41, 5.74) is 3.40. The van der Waals surface area contributed by atoms with Gasteiger partial charge in [-0.2, -0.15) is 0 Å². The highest BCUT2D eigenvalue weighted by Gasteiger charge is 2.36. The number of benzene rings is 2. The Morgan fingerprint density at radius 3 is 2.30 bits per heavy atom. The minimum Gasteiger partial charge on any atom is -0.497 e. The molecule has 3 rings (SSSR count). The van der Waals surface area contributed by atoms with E-state index >= 15 is 0 Å². The highest BCUT2D eigenvalue weighted by atomic mass is 16.5. The van der Waals surface area contributed by atoms with Crippen LogP contribution in [0.3, 0.4) is 0 Å². The van der Waals surface area contributed by atoms with Crippen molar-refractivity contribution in [2.24, 2.45) is 5.92 Å². The smallest absolute Gasteiger partial charge is 0.225 e. The fraction of sp³-hybridized carbons (Fsp3) is 0.417. The molecule has 0 bridgehead atoms. The molecule has 0 radical (unpaired) electrons. The number of nitrogens with one attached hydrogen (secondary N) is 2. The Morgan fingerprint density at radius 2 is 1.67 bits per heavy atom. The predicted octanol–water partition coefficient (Wildman–Crippen LogP) is 2.34. The van der Waals surface area contributed by atoms with Gasteiger partial charge >= 0.3 is 0 Å². The maximum atomic E-state index is 12.9. The summed E-state index contributed by atoms with van der Waals surface area (Å²) in [7, 11) is 3.71. The summed E-state index contributed by atoms with van der Waals surface area (Å²) in [6.07, 6.45) is 0.792. The number of likely N-dealkylation sites (N-methyl/N-ethyl adjacent to an activating group) is 1. The summed E-state index contributed by atoms with van der Waals surface area (Å²) in [6, 6.07) is 16.2. The van der Waals surface area contributed by atoms with E-state index < -0.39 is 0 Å². The van der Waals surface area contributed by atoms with Crippen molar-refractivity contribution in [1.82, 2.24) is 15.5 Å². The molecule has 0 aliphatic carbocycles. The van der Waals surface area contributed by atoms with Gasteiger partial charge in [-0.3, -0.25) is 9.59 Å². The molecule has 6 nitrogen and oxygen atoms in total. The predicted molar refractivity (Wildman–Crippen MR) is 117 cm³/mol. The quantitative estimate of drug-likeness (QED) is 0.702. The van der Waals surface area contributed by atoms with Gasteiger partial charge in [0, 0.05) is 39.0 Å². The van der Waals surface area contributed by atoms with E-state index in [2.05, 4.69) is 34.7 Å². The fourth-order valence-electron chi connectivity index (χ4n) is 3.97. The van der Waals surface area contributed by atoms with Crippen molar-refractivity contribution in [3.63, 3.8) is 0 Å². The molecule has 1 fully saturated rings. The third kappa shape index (κ3) is 5.83. The lowest BCUT2D eigenvalue weighted by molar-refractivity contribution is -0.125. The van der Waals surface area contributed by atoms with Crippen LogP contribution < -0.4 is 15.4 Å². The molecule has 0 saturated carbocycles. The van der Waals surface area contributed by atoms with E-state index in [4.69, 9.17) is 4.74 Å². The number of carbonyl (C=O) groups excluding carboxylic acids is 2. The number of amides is 2. The number of carbonyl (C=O) groups is 2. The second-order valence-electron chi connectivity index (χ2n) is 7.97. The maximum Gasteiger partial charge on any atom is 0.225 e. The van der Waals surface area contributed by atoms with Gasteiger partial charge in [-0.05, 0) is 42.3 Å². The van der Waals surface area contributed by atoms with Crippen LogP contribution in [0.5, 0.6) is 5.75 Å². The second kappa shape index (κ2) is 10.3. The molecule has 2 aromatic rings. The van der Waals surface area contributed by atoms with Gasteiger partial charge in [0.15, 0.2) is 0 Å². The standard InChI is InChI=1S/C24H31N3O3/c1-17(28)26-14-19-4-8-20(9-5-19)22-15-27(2)16-23(22)24(29)25-13-12-18-6-10-21(30-3)11-7-18/h4-11,22-23H,12-16H2,1-3H3,(H,25,29)(H,26,28)/t22-,23+/m0/s1. The molecular formula is C24H31N3O3. The van der Waals surface area contributed by atoms with Crippen molar-refractivity contribution in [1.29, 1.82) is 0 Å². The number of ether oxygens (including phenoxy) is 1. The molecule has 0 unspecified atom stereocenters. The van der Waals surface area contributed by atoms with E-state index in [1.165, 1.54) is 18.1 Å². The SMILES string of the molecule is COc1ccc(CCNC(=O)[C@@H]2CN(C)C[C@H]2c2ccc(CNC(C)=O)cc2)cc1. The van der Waals surface area contributed by atoms with Gasteiger partial charge in [0.1, 0.15) is 5.75 Å². The van der Waals surface area contributed by atoms with Crippen molar-refractivity contribution in [2.75, 3.05) is 33.8 Å². The van der Waals surface area contributed by atoms with E-state index in [9.17, 15) is 9.59 Å². The molecule has 30 heavy (non-hydrogen) atoms. The van der Waals surface area contributed by atoms with Gasteiger partial charge in [-0.1, -0.05) is 36.4 Å². The average Bonchev–Trinajstić information content (AvgIpc) is 3.15. The van der Waals surface area contributed by atoms with Crippen LogP contribution >= 0.6 is 0 Å². The van der Waals surface area contributed by atoms with E-state index in [0.29, 0.717) is 13.1 Å². The Hall–Kier alpha value is -2.86. The van der Waals surface area contributed by atoms with Gasteiger partial charge in [0.05, 0.1) is 13.0 Å². The monoisotopic (exact) mass is 409 g/mol. The minimum absolute atomic E-state index is 0.0390. The van der Waals surface area contributed by atoms with E-state index in [1.807, 2.05) is 36.4 Å². The molecule has 6 heteroatoms. The molecule has 0 spiro atoms.